The summed E-state index contributed by atoms with van der Waals surface area (Å²) in [4.78, 5) is 1.92. The Kier molecular flexibility index (Phi) is 5.67. The minimum Gasteiger partial charge on any atom is -0.312 e. The second kappa shape index (κ2) is 6.79. The Morgan fingerprint density at radius 1 is 1.62 bits per heavy atom. The summed E-state index contributed by atoms with van der Waals surface area (Å²) in [5, 5.41) is 12.2. The predicted molar refractivity (Wildman–Crippen MR) is 68.9 cm³/mol. The van der Waals surface area contributed by atoms with Crippen LogP contribution in [0.1, 0.15) is 23.1 Å². The molecule has 0 fully saturated rings. The number of nitrogens with zero attached hydrogens (tertiary/aromatic N) is 1. The number of thiophene rings is 1. The number of nitriles is 1. The van der Waals surface area contributed by atoms with Crippen LogP contribution in [0.3, 0.4) is 0 Å². The molecule has 1 aromatic heterocycles. The van der Waals surface area contributed by atoms with Gasteiger partial charge in [-0.1, -0.05) is 6.92 Å². The van der Waals surface area contributed by atoms with Gasteiger partial charge in [0.2, 0.25) is 0 Å². The van der Waals surface area contributed by atoms with Crippen molar-refractivity contribution in [1.82, 2.24) is 5.32 Å². The van der Waals surface area contributed by atoms with Crippen LogP contribution in [0, 0.1) is 11.3 Å². The van der Waals surface area contributed by atoms with Crippen molar-refractivity contribution >= 4 is 22.1 Å². The van der Waals surface area contributed by atoms with E-state index in [2.05, 4.69) is 11.4 Å². The van der Waals surface area contributed by atoms with Crippen LogP contribution < -0.4 is 5.32 Å². The van der Waals surface area contributed by atoms with Gasteiger partial charge in [-0.15, -0.1) is 11.3 Å². The maximum absolute atomic E-state index is 11.1. The van der Waals surface area contributed by atoms with Gasteiger partial charge < -0.3 is 5.32 Å². The van der Waals surface area contributed by atoms with E-state index in [0.717, 1.165) is 24.4 Å². The van der Waals surface area contributed by atoms with Crippen LogP contribution in [-0.4, -0.2) is 22.3 Å². The number of hydrogen-bond acceptors (Lipinski definition) is 4. The fourth-order valence-corrected chi connectivity index (χ4v) is 2.44. The lowest BCUT2D eigenvalue weighted by Crippen LogP contribution is -2.20. The Morgan fingerprint density at radius 3 is 2.94 bits per heavy atom. The molecule has 0 saturated heterocycles. The average molecular weight is 256 g/mol. The molecule has 0 saturated carbocycles. The molecule has 1 heterocycles. The highest BCUT2D eigenvalue weighted by molar-refractivity contribution is 7.84. The van der Waals surface area contributed by atoms with Crippen LogP contribution in [0.2, 0.25) is 0 Å². The highest BCUT2D eigenvalue weighted by Gasteiger charge is 2.05. The summed E-state index contributed by atoms with van der Waals surface area (Å²) >= 11 is 1.51. The van der Waals surface area contributed by atoms with E-state index in [1.807, 2.05) is 19.1 Å². The van der Waals surface area contributed by atoms with E-state index >= 15 is 0 Å². The zero-order valence-corrected chi connectivity index (χ0v) is 11.2. The highest BCUT2D eigenvalue weighted by atomic mass is 32.2. The Labute approximate surface area is 103 Å². The third-order valence-corrected chi connectivity index (χ3v) is 4.72. The van der Waals surface area contributed by atoms with Crippen molar-refractivity contribution in [2.45, 2.75) is 25.1 Å². The fourth-order valence-electron chi connectivity index (χ4n) is 1.22. The molecule has 2 unspecified atom stereocenters. The lowest BCUT2D eigenvalue weighted by Gasteiger charge is -2.08. The van der Waals surface area contributed by atoms with E-state index in [0.29, 0.717) is 0 Å². The van der Waals surface area contributed by atoms with Crippen LogP contribution in [0.5, 0.6) is 0 Å². The summed E-state index contributed by atoms with van der Waals surface area (Å²) in [6.45, 7) is 3.65. The lowest BCUT2D eigenvalue weighted by molar-refractivity contribution is 0.632. The van der Waals surface area contributed by atoms with Crippen molar-refractivity contribution in [2.24, 2.45) is 0 Å². The smallest absolute Gasteiger partial charge is 0.110 e. The molecule has 1 aromatic rings. The molecule has 0 aliphatic heterocycles. The topological polar surface area (TPSA) is 52.9 Å². The molecule has 5 heteroatoms. The molecule has 0 bridgehead atoms. The molecule has 16 heavy (non-hydrogen) atoms. The van der Waals surface area contributed by atoms with Gasteiger partial charge in [-0.2, -0.15) is 5.26 Å². The zero-order chi connectivity index (χ0) is 12.0. The van der Waals surface area contributed by atoms with E-state index in [-0.39, 0.29) is 5.25 Å². The van der Waals surface area contributed by atoms with Crippen molar-refractivity contribution in [3.8, 4) is 6.07 Å². The van der Waals surface area contributed by atoms with E-state index in [1.165, 1.54) is 16.2 Å². The zero-order valence-electron chi connectivity index (χ0n) is 9.53. The first kappa shape index (κ1) is 13.4. The van der Waals surface area contributed by atoms with Crippen LogP contribution in [0.25, 0.3) is 0 Å². The molecule has 0 radical (unpaired) electrons. The van der Waals surface area contributed by atoms with Gasteiger partial charge in [-0.25, -0.2) is 0 Å². The lowest BCUT2D eigenvalue weighted by atomic mass is 10.3. The summed E-state index contributed by atoms with van der Waals surface area (Å²) < 4.78 is 11.1. The fraction of sp³-hybridized carbons (Fsp3) is 0.545. The Balaban J connectivity index is 2.21. The molecule has 0 aromatic carbocycles. The SMILES string of the molecule is CC(CCNCc1ccc(C#N)s1)S(C)=O. The molecule has 0 spiro atoms. The van der Waals surface area contributed by atoms with Gasteiger partial charge in [-0.05, 0) is 25.1 Å². The van der Waals surface area contributed by atoms with E-state index in [1.54, 1.807) is 6.26 Å². The molecule has 1 rings (SSSR count). The van der Waals surface area contributed by atoms with Gasteiger partial charge in [0.05, 0.1) is 0 Å². The summed E-state index contributed by atoms with van der Waals surface area (Å²) in [7, 11) is -0.736. The molecule has 2 atom stereocenters. The average Bonchev–Trinajstić information content (AvgIpc) is 2.71. The molecule has 3 nitrogen and oxygen atoms in total. The normalized spacial score (nSPS) is 14.3. The third-order valence-electron chi connectivity index (χ3n) is 2.37. The van der Waals surface area contributed by atoms with Gasteiger partial charge in [-0.3, -0.25) is 4.21 Å². The Hall–Kier alpha value is -0.700. The summed E-state index contributed by atoms with van der Waals surface area (Å²) in [5.41, 5.74) is 0. The maximum atomic E-state index is 11.1. The summed E-state index contributed by atoms with van der Waals surface area (Å²) in [6, 6.07) is 5.93. The van der Waals surface area contributed by atoms with Crippen LogP contribution in [0.15, 0.2) is 12.1 Å². The first-order valence-corrected chi connectivity index (χ1v) is 7.59. The van der Waals surface area contributed by atoms with E-state index in [9.17, 15) is 4.21 Å². The minimum atomic E-state index is -0.736. The van der Waals surface area contributed by atoms with Crippen LogP contribution >= 0.6 is 11.3 Å². The van der Waals surface area contributed by atoms with E-state index < -0.39 is 10.8 Å². The molecule has 0 aliphatic carbocycles. The standard InChI is InChI=1S/C11H16N2OS2/c1-9(16(2)14)5-6-13-8-11-4-3-10(7-12)15-11/h3-4,9,13H,5-6,8H2,1-2H3. The second-order valence-electron chi connectivity index (χ2n) is 3.65. The van der Waals surface area contributed by atoms with Gasteiger partial charge in [0.15, 0.2) is 0 Å². The Morgan fingerprint density at radius 2 is 2.38 bits per heavy atom. The first-order valence-electron chi connectivity index (χ1n) is 5.15. The minimum absolute atomic E-state index is 0.241. The maximum Gasteiger partial charge on any atom is 0.110 e. The molecular formula is C11H16N2OS2. The second-order valence-corrected chi connectivity index (χ2v) is 6.62. The largest absolute Gasteiger partial charge is 0.312 e. The third kappa shape index (κ3) is 4.44. The molecule has 0 aliphatic rings. The molecule has 0 amide bonds. The number of rotatable bonds is 6. The molecule has 1 N–H and O–H groups in total. The van der Waals surface area contributed by atoms with Crippen LogP contribution in [0.4, 0.5) is 0 Å². The first-order chi connectivity index (χ1) is 7.63. The van der Waals surface area contributed by atoms with Gasteiger partial charge in [0.1, 0.15) is 10.9 Å². The number of hydrogen-bond donors (Lipinski definition) is 1. The van der Waals surface area contributed by atoms with Crippen molar-refractivity contribution in [3.63, 3.8) is 0 Å². The summed E-state index contributed by atoms with van der Waals surface area (Å²) in [6.07, 6.45) is 2.66. The number of nitrogens with one attached hydrogen (secondary N) is 1. The van der Waals surface area contributed by atoms with Crippen molar-refractivity contribution in [3.05, 3.63) is 21.9 Å². The van der Waals surface area contributed by atoms with Crippen molar-refractivity contribution in [1.29, 1.82) is 5.26 Å². The molecular weight excluding hydrogens is 240 g/mol. The quantitative estimate of drug-likeness (QED) is 0.791. The van der Waals surface area contributed by atoms with Gasteiger partial charge >= 0.3 is 0 Å². The van der Waals surface area contributed by atoms with Gasteiger partial charge in [0, 0.05) is 33.7 Å². The predicted octanol–water partition coefficient (Wildman–Crippen LogP) is 1.87. The van der Waals surface area contributed by atoms with Crippen LogP contribution in [-0.2, 0) is 17.3 Å². The Bertz CT molecular complexity index is 395. The summed E-state index contributed by atoms with van der Waals surface area (Å²) in [5.74, 6) is 0. The highest BCUT2D eigenvalue weighted by Crippen LogP contribution is 2.14. The van der Waals surface area contributed by atoms with Gasteiger partial charge in [0.25, 0.3) is 0 Å². The van der Waals surface area contributed by atoms with Crippen molar-refractivity contribution < 1.29 is 4.21 Å². The molecule has 88 valence electrons. The monoisotopic (exact) mass is 256 g/mol. The van der Waals surface area contributed by atoms with Crippen molar-refractivity contribution in [2.75, 3.05) is 12.8 Å². The van der Waals surface area contributed by atoms with E-state index in [4.69, 9.17) is 5.26 Å².